The van der Waals surface area contributed by atoms with E-state index in [0.29, 0.717) is 12.1 Å². The summed E-state index contributed by atoms with van der Waals surface area (Å²) in [5, 5.41) is 12.7. The van der Waals surface area contributed by atoms with Gasteiger partial charge in [-0.1, -0.05) is 30.3 Å². The second kappa shape index (κ2) is 7.71. The molecule has 0 aromatic heterocycles. The van der Waals surface area contributed by atoms with Crippen molar-refractivity contribution >= 4 is 0 Å². The molecule has 112 valence electrons. The molecule has 2 rings (SSSR count). The molecule has 0 fully saturated rings. The third-order valence-electron chi connectivity index (χ3n) is 2.92. The number of hydrogen-bond donors (Lipinski definition) is 2. The van der Waals surface area contributed by atoms with Crippen LogP contribution in [0.2, 0.25) is 0 Å². The van der Waals surface area contributed by atoms with Gasteiger partial charge in [0.05, 0.1) is 0 Å². The molecular weight excluding hydrogens is 276 g/mol. The average molecular weight is 293 g/mol. The summed E-state index contributed by atoms with van der Waals surface area (Å²) in [5.41, 5.74) is 0.528. The van der Waals surface area contributed by atoms with E-state index in [2.05, 4.69) is 5.32 Å². The zero-order valence-corrected chi connectivity index (χ0v) is 11.4. The fourth-order valence-corrected chi connectivity index (χ4v) is 1.82. The highest BCUT2D eigenvalue weighted by molar-refractivity contribution is 5.23. The first kappa shape index (κ1) is 15.4. The van der Waals surface area contributed by atoms with Crippen LogP contribution in [0.1, 0.15) is 5.56 Å². The molecule has 3 nitrogen and oxygen atoms in total. The summed E-state index contributed by atoms with van der Waals surface area (Å²) in [6.45, 7) is 0.497. The predicted octanol–water partition coefficient (Wildman–Crippen LogP) is 2.49. The van der Waals surface area contributed by atoms with Crippen molar-refractivity contribution in [1.82, 2.24) is 5.32 Å². The minimum Gasteiger partial charge on any atom is -0.488 e. The van der Waals surface area contributed by atoms with Crippen LogP contribution in [0.15, 0.2) is 48.5 Å². The monoisotopic (exact) mass is 293 g/mol. The van der Waals surface area contributed by atoms with Gasteiger partial charge >= 0.3 is 0 Å². The molecule has 0 saturated heterocycles. The second-order valence-electron chi connectivity index (χ2n) is 4.62. The Morgan fingerprint density at radius 2 is 1.67 bits per heavy atom. The first-order chi connectivity index (χ1) is 10.2. The third kappa shape index (κ3) is 4.81. The summed E-state index contributed by atoms with van der Waals surface area (Å²) in [6.07, 6.45) is -0.809. The van der Waals surface area contributed by atoms with E-state index in [1.165, 1.54) is 18.2 Å². The molecule has 0 aliphatic rings. The topological polar surface area (TPSA) is 41.5 Å². The average Bonchev–Trinajstić information content (AvgIpc) is 2.48. The number of nitrogens with one attached hydrogen (secondary N) is 1. The Bertz CT molecular complexity index is 578. The van der Waals surface area contributed by atoms with Gasteiger partial charge in [0.1, 0.15) is 18.5 Å². The smallest absolute Gasteiger partial charge is 0.165 e. The van der Waals surface area contributed by atoms with Gasteiger partial charge in [0.25, 0.3) is 0 Å². The summed E-state index contributed by atoms with van der Waals surface area (Å²) in [4.78, 5) is 0. The number of hydrogen-bond acceptors (Lipinski definition) is 3. The van der Waals surface area contributed by atoms with Crippen LogP contribution in [0.3, 0.4) is 0 Å². The molecule has 0 heterocycles. The van der Waals surface area contributed by atoms with Crippen LogP contribution in [0.5, 0.6) is 5.75 Å². The van der Waals surface area contributed by atoms with Gasteiger partial charge in [-0.15, -0.1) is 0 Å². The van der Waals surface area contributed by atoms with Gasteiger partial charge in [-0.25, -0.2) is 8.78 Å². The Labute approximate surface area is 122 Å². The molecule has 2 aromatic carbocycles. The molecule has 0 saturated carbocycles. The number of ether oxygens (including phenoxy) is 1. The van der Waals surface area contributed by atoms with Crippen LogP contribution in [0.4, 0.5) is 8.78 Å². The van der Waals surface area contributed by atoms with Crippen molar-refractivity contribution in [2.24, 2.45) is 0 Å². The van der Waals surface area contributed by atoms with Gasteiger partial charge in [-0.3, -0.25) is 0 Å². The molecule has 0 aliphatic carbocycles. The molecule has 0 amide bonds. The summed E-state index contributed by atoms with van der Waals surface area (Å²) < 4.78 is 31.8. The molecule has 0 spiro atoms. The molecule has 0 radical (unpaired) electrons. The second-order valence-corrected chi connectivity index (χ2v) is 4.62. The lowest BCUT2D eigenvalue weighted by Crippen LogP contribution is -2.31. The van der Waals surface area contributed by atoms with Crippen LogP contribution < -0.4 is 10.1 Å². The normalized spacial score (nSPS) is 12.1. The van der Waals surface area contributed by atoms with Crippen LogP contribution >= 0.6 is 0 Å². The maximum absolute atomic E-state index is 13.4. The van der Waals surface area contributed by atoms with Crippen LogP contribution in [0.25, 0.3) is 0 Å². The Balaban J connectivity index is 1.72. The van der Waals surface area contributed by atoms with Crippen molar-refractivity contribution < 1.29 is 18.6 Å². The molecule has 1 atom stereocenters. The lowest BCUT2D eigenvalue weighted by atomic mass is 10.2. The molecule has 0 bridgehead atoms. The summed E-state index contributed by atoms with van der Waals surface area (Å²) in [6, 6.07) is 12.4. The molecular formula is C16H17F2NO2. The van der Waals surface area contributed by atoms with E-state index >= 15 is 0 Å². The number of rotatable bonds is 7. The van der Waals surface area contributed by atoms with Gasteiger partial charge in [0.2, 0.25) is 0 Å². The van der Waals surface area contributed by atoms with Crippen molar-refractivity contribution in [2.75, 3.05) is 13.2 Å². The number of para-hydroxylation sites is 1. The summed E-state index contributed by atoms with van der Waals surface area (Å²) >= 11 is 0. The van der Waals surface area contributed by atoms with Crippen molar-refractivity contribution in [3.8, 4) is 5.75 Å². The Kier molecular flexibility index (Phi) is 5.66. The predicted molar refractivity (Wildman–Crippen MR) is 76.0 cm³/mol. The Morgan fingerprint density at radius 1 is 1.00 bits per heavy atom. The molecule has 0 aliphatic heterocycles. The molecule has 21 heavy (non-hydrogen) atoms. The molecule has 2 aromatic rings. The quantitative estimate of drug-likeness (QED) is 0.824. The fourth-order valence-electron chi connectivity index (χ4n) is 1.82. The molecule has 2 N–H and O–H groups in total. The fraction of sp³-hybridized carbons (Fsp3) is 0.250. The summed E-state index contributed by atoms with van der Waals surface area (Å²) in [7, 11) is 0. The number of benzene rings is 2. The van der Waals surface area contributed by atoms with Gasteiger partial charge in [0.15, 0.2) is 11.6 Å². The van der Waals surface area contributed by atoms with Crippen molar-refractivity contribution in [3.63, 3.8) is 0 Å². The largest absolute Gasteiger partial charge is 0.488 e. The highest BCUT2D eigenvalue weighted by Crippen LogP contribution is 2.15. The minimum atomic E-state index is -0.809. The number of aliphatic hydroxyl groups excluding tert-OH is 1. The lowest BCUT2D eigenvalue weighted by molar-refractivity contribution is 0.104. The van der Waals surface area contributed by atoms with E-state index in [0.717, 1.165) is 0 Å². The zero-order chi connectivity index (χ0) is 15.1. The number of halogens is 2. The van der Waals surface area contributed by atoms with E-state index < -0.39 is 11.9 Å². The number of aliphatic hydroxyl groups is 1. The maximum Gasteiger partial charge on any atom is 0.165 e. The first-order valence-electron chi connectivity index (χ1n) is 6.66. The van der Waals surface area contributed by atoms with E-state index in [9.17, 15) is 13.9 Å². The van der Waals surface area contributed by atoms with Gasteiger partial charge in [-0.2, -0.15) is 0 Å². The van der Waals surface area contributed by atoms with E-state index in [1.807, 2.05) is 0 Å². The van der Waals surface area contributed by atoms with Crippen LogP contribution in [0, 0.1) is 11.6 Å². The highest BCUT2D eigenvalue weighted by atomic mass is 19.1. The van der Waals surface area contributed by atoms with E-state index in [-0.39, 0.29) is 24.7 Å². The molecule has 1 unspecified atom stereocenters. The standard InChI is InChI=1S/C16H17F2NO2/c17-14-6-2-1-5-12(14)9-19-10-13(20)11-21-16-8-4-3-7-15(16)18/h1-8,13,19-20H,9-11H2. The Hall–Kier alpha value is -1.98. The first-order valence-corrected chi connectivity index (χ1v) is 6.66. The van der Waals surface area contributed by atoms with Crippen molar-refractivity contribution in [3.05, 3.63) is 65.7 Å². The lowest BCUT2D eigenvalue weighted by Gasteiger charge is -2.13. The van der Waals surface area contributed by atoms with Gasteiger partial charge in [-0.05, 0) is 18.2 Å². The van der Waals surface area contributed by atoms with Gasteiger partial charge in [0, 0.05) is 18.7 Å². The summed E-state index contributed by atoms with van der Waals surface area (Å²) in [5.74, 6) is -0.656. The van der Waals surface area contributed by atoms with E-state index in [4.69, 9.17) is 4.74 Å². The SMILES string of the molecule is OC(CNCc1ccccc1F)COc1ccccc1F. The van der Waals surface area contributed by atoms with Crippen molar-refractivity contribution in [1.29, 1.82) is 0 Å². The third-order valence-corrected chi connectivity index (χ3v) is 2.92. The van der Waals surface area contributed by atoms with Gasteiger partial charge < -0.3 is 15.2 Å². The maximum atomic E-state index is 13.4. The van der Waals surface area contributed by atoms with Crippen molar-refractivity contribution in [2.45, 2.75) is 12.6 Å². The highest BCUT2D eigenvalue weighted by Gasteiger charge is 2.08. The van der Waals surface area contributed by atoms with Crippen LogP contribution in [-0.2, 0) is 6.54 Å². The zero-order valence-electron chi connectivity index (χ0n) is 11.4. The van der Waals surface area contributed by atoms with Crippen LogP contribution in [-0.4, -0.2) is 24.4 Å². The molecule has 5 heteroatoms. The Morgan fingerprint density at radius 3 is 2.38 bits per heavy atom. The minimum absolute atomic E-state index is 0.0365. The van der Waals surface area contributed by atoms with E-state index in [1.54, 1.807) is 30.3 Å².